The quantitative estimate of drug-likeness (QED) is 0.632. The molecule has 2 rings (SSSR count). The van der Waals surface area contributed by atoms with Gasteiger partial charge < -0.3 is 4.90 Å². The van der Waals surface area contributed by atoms with Crippen LogP contribution >= 0.6 is 15.9 Å². The molecule has 0 atom stereocenters. The van der Waals surface area contributed by atoms with E-state index in [0.717, 1.165) is 18.0 Å². The highest BCUT2D eigenvalue weighted by Gasteiger charge is 2.11. The normalized spacial score (nSPS) is 10.3. The van der Waals surface area contributed by atoms with E-state index >= 15 is 0 Å². The van der Waals surface area contributed by atoms with E-state index in [-0.39, 0.29) is 11.5 Å². The molecule has 0 fully saturated rings. The first-order chi connectivity index (χ1) is 9.47. The molecule has 20 heavy (non-hydrogen) atoms. The summed E-state index contributed by atoms with van der Waals surface area (Å²) in [6.07, 6.45) is 2.30. The molecule has 0 saturated heterocycles. The van der Waals surface area contributed by atoms with E-state index in [9.17, 15) is 14.5 Å². The molecule has 2 aromatic rings. The molecule has 0 aliphatic carbocycles. The second-order valence-electron chi connectivity index (χ2n) is 4.09. The standard InChI is InChI=1S/C12H10BrFN4O2/c1-17(7-8-2-3-9(14)4-11(8)13)12-15-5-10(6-16-12)18(19)20/h2-6H,7H2,1H3. The van der Waals surface area contributed by atoms with Gasteiger partial charge in [0.2, 0.25) is 5.95 Å². The van der Waals surface area contributed by atoms with Crippen molar-refractivity contribution in [2.45, 2.75) is 6.54 Å². The van der Waals surface area contributed by atoms with Crippen molar-refractivity contribution < 1.29 is 9.31 Å². The van der Waals surface area contributed by atoms with E-state index in [1.165, 1.54) is 12.1 Å². The summed E-state index contributed by atoms with van der Waals surface area (Å²) in [6, 6.07) is 4.39. The molecule has 0 bridgehead atoms. The Kier molecular flexibility index (Phi) is 4.23. The Morgan fingerprint density at radius 3 is 2.60 bits per heavy atom. The number of halogens is 2. The molecule has 0 amide bonds. The van der Waals surface area contributed by atoms with Crippen LogP contribution in [-0.4, -0.2) is 21.9 Å². The predicted molar refractivity (Wildman–Crippen MR) is 74.9 cm³/mol. The minimum absolute atomic E-state index is 0.162. The van der Waals surface area contributed by atoms with Crippen molar-refractivity contribution in [2.24, 2.45) is 0 Å². The number of hydrogen-bond donors (Lipinski definition) is 0. The molecule has 1 aromatic carbocycles. The maximum atomic E-state index is 13.0. The fourth-order valence-corrected chi connectivity index (χ4v) is 2.06. The average molecular weight is 341 g/mol. The Labute approximate surface area is 122 Å². The van der Waals surface area contributed by atoms with Crippen molar-refractivity contribution in [3.8, 4) is 0 Å². The molecule has 8 heteroatoms. The summed E-state index contributed by atoms with van der Waals surface area (Å²) in [7, 11) is 1.75. The maximum absolute atomic E-state index is 13.0. The second kappa shape index (κ2) is 5.91. The van der Waals surface area contributed by atoms with Gasteiger partial charge in [0.25, 0.3) is 0 Å². The molecule has 0 radical (unpaired) electrons. The first-order valence-electron chi connectivity index (χ1n) is 5.59. The number of rotatable bonds is 4. The van der Waals surface area contributed by atoms with Crippen molar-refractivity contribution in [3.63, 3.8) is 0 Å². The van der Waals surface area contributed by atoms with Crippen molar-refractivity contribution in [1.82, 2.24) is 9.97 Å². The molecule has 0 spiro atoms. The van der Waals surface area contributed by atoms with Gasteiger partial charge in [-0.15, -0.1) is 0 Å². The summed E-state index contributed by atoms with van der Waals surface area (Å²) >= 11 is 3.28. The molecule has 0 aliphatic heterocycles. The predicted octanol–water partition coefficient (Wildman–Crippen LogP) is 2.92. The van der Waals surface area contributed by atoms with E-state index in [1.807, 2.05) is 0 Å². The molecule has 104 valence electrons. The molecule has 1 aromatic heterocycles. The Bertz CT molecular complexity index is 636. The number of nitro groups is 1. The molecule has 0 unspecified atom stereocenters. The number of benzene rings is 1. The van der Waals surface area contributed by atoms with Gasteiger partial charge in [-0.2, -0.15) is 0 Å². The van der Waals surface area contributed by atoms with Gasteiger partial charge in [-0.05, 0) is 17.7 Å². The highest BCUT2D eigenvalue weighted by molar-refractivity contribution is 9.10. The summed E-state index contributed by atoms with van der Waals surface area (Å²) in [6.45, 7) is 0.443. The first-order valence-corrected chi connectivity index (χ1v) is 6.38. The second-order valence-corrected chi connectivity index (χ2v) is 4.94. The van der Waals surface area contributed by atoms with Gasteiger partial charge in [0, 0.05) is 18.1 Å². The van der Waals surface area contributed by atoms with Crippen LogP contribution in [0.1, 0.15) is 5.56 Å². The topological polar surface area (TPSA) is 72.2 Å². The SMILES string of the molecule is CN(Cc1ccc(F)cc1Br)c1ncc([N+](=O)[O-])cn1. The van der Waals surface area contributed by atoms with Crippen LogP contribution in [-0.2, 0) is 6.54 Å². The van der Waals surface area contributed by atoms with E-state index in [4.69, 9.17) is 0 Å². The molecule has 6 nitrogen and oxygen atoms in total. The van der Waals surface area contributed by atoms with Gasteiger partial charge in [0.05, 0.1) is 4.92 Å². The summed E-state index contributed by atoms with van der Waals surface area (Å²) in [5, 5.41) is 10.5. The van der Waals surface area contributed by atoms with Gasteiger partial charge in [-0.1, -0.05) is 22.0 Å². The molecule has 0 saturated carbocycles. The lowest BCUT2D eigenvalue weighted by Gasteiger charge is -2.17. The van der Waals surface area contributed by atoms with Crippen molar-refractivity contribution in [1.29, 1.82) is 0 Å². The largest absolute Gasteiger partial charge is 0.340 e. The fraction of sp³-hybridized carbons (Fsp3) is 0.167. The maximum Gasteiger partial charge on any atom is 0.305 e. The van der Waals surface area contributed by atoms with Gasteiger partial charge in [0.15, 0.2) is 0 Å². The first kappa shape index (κ1) is 14.3. The summed E-state index contributed by atoms with van der Waals surface area (Å²) < 4.78 is 13.6. The smallest absolute Gasteiger partial charge is 0.305 e. The number of hydrogen-bond acceptors (Lipinski definition) is 5. The molecular formula is C12H10BrFN4O2. The highest BCUT2D eigenvalue weighted by Crippen LogP contribution is 2.21. The highest BCUT2D eigenvalue weighted by atomic mass is 79.9. The lowest BCUT2D eigenvalue weighted by atomic mass is 10.2. The lowest BCUT2D eigenvalue weighted by molar-refractivity contribution is -0.385. The van der Waals surface area contributed by atoms with E-state index in [1.54, 1.807) is 18.0 Å². The van der Waals surface area contributed by atoms with Crippen molar-refractivity contribution in [2.75, 3.05) is 11.9 Å². The van der Waals surface area contributed by atoms with E-state index in [0.29, 0.717) is 17.0 Å². The molecule has 0 N–H and O–H groups in total. The minimum atomic E-state index is -0.555. The van der Waals surface area contributed by atoms with E-state index in [2.05, 4.69) is 25.9 Å². The zero-order valence-electron chi connectivity index (χ0n) is 10.5. The van der Waals surface area contributed by atoms with Crippen LogP contribution in [0.4, 0.5) is 16.0 Å². The van der Waals surface area contributed by atoms with Gasteiger partial charge in [-0.3, -0.25) is 10.1 Å². The average Bonchev–Trinajstić information content (AvgIpc) is 2.42. The van der Waals surface area contributed by atoms with Crippen LogP contribution in [0.2, 0.25) is 0 Å². The van der Waals surface area contributed by atoms with Crippen LogP contribution < -0.4 is 4.90 Å². The number of aromatic nitrogens is 2. The molecule has 1 heterocycles. The third kappa shape index (κ3) is 3.27. The Morgan fingerprint density at radius 2 is 2.05 bits per heavy atom. The van der Waals surface area contributed by atoms with Crippen LogP contribution in [0.3, 0.4) is 0 Å². The van der Waals surface area contributed by atoms with Crippen molar-refractivity contribution >= 4 is 27.6 Å². The zero-order chi connectivity index (χ0) is 14.7. The number of nitrogens with zero attached hydrogens (tertiary/aromatic N) is 4. The summed E-state index contributed by atoms with van der Waals surface area (Å²) in [5.74, 6) is 0.0293. The van der Waals surface area contributed by atoms with Crippen LogP contribution in [0.5, 0.6) is 0 Å². The van der Waals surface area contributed by atoms with Crippen LogP contribution in [0.15, 0.2) is 35.1 Å². The molecular weight excluding hydrogens is 331 g/mol. The van der Waals surface area contributed by atoms with E-state index < -0.39 is 4.92 Å². The Hall–Kier alpha value is -2.09. The van der Waals surface area contributed by atoms with Crippen LogP contribution in [0, 0.1) is 15.9 Å². The summed E-state index contributed by atoms with van der Waals surface area (Å²) in [4.78, 5) is 19.5. The molecule has 0 aliphatic rings. The third-order valence-corrected chi connectivity index (χ3v) is 3.34. The summed E-state index contributed by atoms with van der Waals surface area (Å²) in [5.41, 5.74) is 0.695. The Balaban J connectivity index is 2.15. The Morgan fingerprint density at radius 1 is 1.40 bits per heavy atom. The van der Waals surface area contributed by atoms with Crippen molar-refractivity contribution in [3.05, 3.63) is 56.6 Å². The monoisotopic (exact) mass is 340 g/mol. The van der Waals surface area contributed by atoms with Gasteiger partial charge >= 0.3 is 5.69 Å². The fourth-order valence-electron chi connectivity index (χ4n) is 1.58. The number of anilines is 1. The van der Waals surface area contributed by atoms with Gasteiger partial charge in [-0.25, -0.2) is 14.4 Å². The lowest BCUT2D eigenvalue weighted by Crippen LogP contribution is -2.19. The van der Waals surface area contributed by atoms with Gasteiger partial charge in [0.1, 0.15) is 18.2 Å². The van der Waals surface area contributed by atoms with Crippen LogP contribution in [0.25, 0.3) is 0 Å². The third-order valence-electron chi connectivity index (χ3n) is 2.60. The zero-order valence-corrected chi connectivity index (χ0v) is 12.0. The minimum Gasteiger partial charge on any atom is -0.340 e.